The number of aryl methyl sites for hydroxylation is 3. The van der Waals surface area contributed by atoms with Crippen molar-refractivity contribution in [2.75, 3.05) is 5.32 Å². The Morgan fingerprint density at radius 3 is 2.44 bits per heavy atom. The number of hydrogen-bond donors (Lipinski definition) is 1. The predicted molar refractivity (Wildman–Crippen MR) is 76.0 cm³/mol. The van der Waals surface area contributed by atoms with Crippen LogP contribution in [0, 0.1) is 20.8 Å². The monoisotopic (exact) mass is 281 g/mol. The summed E-state index contributed by atoms with van der Waals surface area (Å²) in [6.45, 7) is 5.72. The Bertz CT molecular complexity index is 597. The van der Waals surface area contributed by atoms with Gasteiger partial charge in [0.05, 0.1) is 10.7 Å². The lowest BCUT2D eigenvalue weighted by atomic mass is 10.2. The zero-order valence-electron chi connectivity index (χ0n) is 10.4. The van der Waals surface area contributed by atoms with Crippen molar-refractivity contribution in [3.63, 3.8) is 0 Å². The average molecular weight is 282 g/mol. The lowest BCUT2D eigenvalue weighted by Gasteiger charge is -2.11. The van der Waals surface area contributed by atoms with Crippen LogP contribution in [0.4, 0.5) is 11.5 Å². The lowest BCUT2D eigenvalue weighted by Crippen LogP contribution is -2.00. The smallest absolute Gasteiger partial charge is 0.137 e. The Labute approximate surface area is 116 Å². The molecule has 0 aliphatic rings. The maximum atomic E-state index is 6.15. The third kappa shape index (κ3) is 2.74. The fourth-order valence-electron chi connectivity index (χ4n) is 1.54. The molecule has 1 aromatic carbocycles. The Morgan fingerprint density at radius 2 is 1.72 bits per heavy atom. The minimum Gasteiger partial charge on any atom is -0.339 e. The van der Waals surface area contributed by atoms with Gasteiger partial charge in [-0.25, -0.2) is 9.97 Å². The Hall–Kier alpha value is -1.32. The van der Waals surface area contributed by atoms with Crippen LogP contribution >= 0.6 is 23.2 Å². The topological polar surface area (TPSA) is 37.8 Å². The van der Waals surface area contributed by atoms with Gasteiger partial charge in [-0.05, 0) is 38.5 Å². The Kier molecular flexibility index (Phi) is 3.73. The summed E-state index contributed by atoms with van der Waals surface area (Å²) in [5.74, 6) is 1.47. The van der Waals surface area contributed by atoms with Crippen molar-refractivity contribution in [3.05, 3.63) is 45.3 Å². The van der Waals surface area contributed by atoms with E-state index >= 15 is 0 Å². The largest absolute Gasteiger partial charge is 0.339 e. The quantitative estimate of drug-likeness (QED) is 0.884. The molecule has 0 bridgehead atoms. The summed E-state index contributed by atoms with van der Waals surface area (Å²) in [7, 11) is 0. The lowest BCUT2D eigenvalue weighted by molar-refractivity contribution is 1.04. The van der Waals surface area contributed by atoms with Gasteiger partial charge in [0.15, 0.2) is 0 Å². The van der Waals surface area contributed by atoms with Crippen molar-refractivity contribution in [3.8, 4) is 0 Å². The molecule has 0 spiro atoms. The molecule has 0 saturated carbocycles. The maximum Gasteiger partial charge on any atom is 0.137 e. The van der Waals surface area contributed by atoms with Crippen LogP contribution in [0.1, 0.15) is 17.0 Å². The van der Waals surface area contributed by atoms with E-state index < -0.39 is 0 Å². The van der Waals surface area contributed by atoms with Gasteiger partial charge >= 0.3 is 0 Å². The molecule has 94 valence electrons. The van der Waals surface area contributed by atoms with E-state index in [-0.39, 0.29) is 0 Å². The highest BCUT2D eigenvalue weighted by atomic mass is 35.5. The van der Waals surface area contributed by atoms with Gasteiger partial charge in [-0.15, -0.1) is 0 Å². The first-order valence-electron chi connectivity index (χ1n) is 5.50. The van der Waals surface area contributed by atoms with Gasteiger partial charge in [0, 0.05) is 16.8 Å². The number of nitrogens with zero attached hydrogens (tertiary/aromatic N) is 2. The van der Waals surface area contributed by atoms with Crippen LogP contribution in [0.5, 0.6) is 0 Å². The van der Waals surface area contributed by atoms with Gasteiger partial charge in [-0.2, -0.15) is 0 Å². The van der Waals surface area contributed by atoms with E-state index in [1.165, 1.54) is 0 Å². The molecule has 5 heteroatoms. The summed E-state index contributed by atoms with van der Waals surface area (Å²) in [6.07, 6.45) is 1.78. The standard InChI is InChI=1S/C13H13Cl2N3/c1-7-4-12(11(15)5-10(7)14)18-13-8(2)6-16-9(3)17-13/h4-6H,1-3H3,(H,16,17,18). The van der Waals surface area contributed by atoms with Crippen molar-refractivity contribution < 1.29 is 0 Å². The number of nitrogens with one attached hydrogen (secondary N) is 1. The second-order valence-corrected chi connectivity index (χ2v) is 4.97. The summed E-state index contributed by atoms with van der Waals surface area (Å²) in [6, 6.07) is 3.63. The fraction of sp³-hybridized carbons (Fsp3) is 0.231. The fourth-order valence-corrected chi connectivity index (χ4v) is 1.97. The highest BCUT2D eigenvalue weighted by Crippen LogP contribution is 2.31. The molecule has 1 N–H and O–H groups in total. The predicted octanol–water partition coefficient (Wildman–Crippen LogP) is 4.45. The summed E-state index contributed by atoms with van der Waals surface area (Å²) >= 11 is 12.2. The highest BCUT2D eigenvalue weighted by Gasteiger charge is 2.07. The van der Waals surface area contributed by atoms with Gasteiger partial charge in [0.1, 0.15) is 11.6 Å². The molecule has 3 nitrogen and oxygen atoms in total. The van der Waals surface area contributed by atoms with E-state index in [0.29, 0.717) is 15.9 Å². The van der Waals surface area contributed by atoms with Crippen molar-refractivity contribution in [1.82, 2.24) is 9.97 Å². The van der Waals surface area contributed by atoms with E-state index in [2.05, 4.69) is 15.3 Å². The Morgan fingerprint density at radius 1 is 1.00 bits per heavy atom. The zero-order valence-corrected chi connectivity index (χ0v) is 11.9. The van der Waals surface area contributed by atoms with Crippen LogP contribution in [0.15, 0.2) is 18.3 Å². The number of anilines is 2. The van der Waals surface area contributed by atoms with E-state index in [1.807, 2.05) is 26.8 Å². The first kappa shape index (κ1) is 13.1. The SMILES string of the molecule is Cc1ncc(C)c(Nc2cc(C)c(Cl)cc2Cl)n1. The first-order chi connectivity index (χ1) is 8.47. The number of benzene rings is 1. The second kappa shape index (κ2) is 5.12. The molecular weight excluding hydrogens is 269 g/mol. The molecule has 0 aliphatic carbocycles. The van der Waals surface area contributed by atoms with Crippen LogP contribution in [0.25, 0.3) is 0 Å². The minimum absolute atomic E-state index is 0.571. The highest BCUT2D eigenvalue weighted by molar-refractivity contribution is 6.36. The molecule has 2 rings (SSSR count). The molecule has 0 fully saturated rings. The van der Waals surface area contributed by atoms with Gasteiger partial charge in [-0.3, -0.25) is 0 Å². The molecular formula is C13H13Cl2N3. The summed E-state index contributed by atoms with van der Waals surface area (Å²) in [5.41, 5.74) is 2.72. The molecule has 1 heterocycles. The van der Waals surface area contributed by atoms with E-state index in [1.54, 1.807) is 12.3 Å². The third-order valence-electron chi connectivity index (χ3n) is 2.59. The van der Waals surface area contributed by atoms with Gasteiger partial charge in [-0.1, -0.05) is 23.2 Å². The molecule has 0 amide bonds. The number of aromatic nitrogens is 2. The molecule has 0 atom stereocenters. The van der Waals surface area contributed by atoms with Crippen molar-refractivity contribution in [1.29, 1.82) is 0 Å². The second-order valence-electron chi connectivity index (χ2n) is 4.16. The molecule has 0 radical (unpaired) electrons. The molecule has 0 unspecified atom stereocenters. The van der Waals surface area contributed by atoms with Gasteiger partial charge in [0.25, 0.3) is 0 Å². The van der Waals surface area contributed by atoms with E-state index in [4.69, 9.17) is 23.2 Å². The van der Waals surface area contributed by atoms with Crippen LogP contribution in [-0.4, -0.2) is 9.97 Å². The van der Waals surface area contributed by atoms with Crippen LogP contribution in [0.3, 0.4) is 0 Å². The zero-order chi connectivity index (χ0) is 13.3. The number of halogens is 2. The third-order valence-corrected chi connectivity index (χ3v) is 3.31. The van der Waals surface area contributed by atoms with Crippen molar-refractivity contribution in [2.24, 2.45) is 0 Å². The first-order valence-corrected chi connectivity index (χ1v) is 6.26. The molecule has 18 heavy (non-hydrogen) atoms. The number of hydrogen-bond acceptors (Lipinski definition) is 3. The van der Waals surface area contributed by atoms with Crippen molar-refractivity contribution >= 4 is 34.7 Å². The summed E-state index contributed by atoms with van der Waals surface area (Å²) < 4.78 is 0. The van der Waals surface area contributed by atoms with E-state index in [9.17, 15) is 0 Å². The van der Waals surface area contributed by atoms with Gasteiger partial charge < -0.3 is 5.32 Å². The normalized spacial score (nSPS) is 10.5. The van der Waals surface area contributed by atoms with E-state index in [0.717, 1.165) is 22.6 Å². The molecule has 1 aromatic heterocycles. The van der Waals surface area contributed by atoms with Crippen LogP contribution in [0.2, 0.25) is 10.0 Å². The minimum atomic E-state index is 0.571. The molecule has 0 aliphatic heterocycles. The van der Waals surface area contributed by atoms with Crippen LogP contribution < -0.4 is 5.32 Å². The summed E-state index contributed by atoms with van der Waals surface area (Å²) in [4.78, 5) is 8.48. The van der Waals surface area contributed by atoms with Gasteiger partial charge in [0.2, 0.25) is 0 Å². The molecule has 2 aromatic rings. The Balaban J connectivity index is 2.40. The molecule has 0 saturated heterocycles. The number of rotatable bonds is 2. The van der Waals surface area contributed by atoms with Crippen molar-refractivity contribution in [2.45, 2.75) is 20.8 Å². The van der Waals surface area contributed by atoms with Crippen LogP contribution in [-0.2, 0) is 0 Å². The maximum absolute atomic E-state index is 6.15. The average Bonchev–Trinajstić information content (AvgIpc) is 2.30. The summed E-state index contributed by atoms with van der Waals surface area (Å²) in [5, 5.41) is 4.43.